The molecule has 6 nitrogen and oxygen atoms in total. The molecular formula is C21H24O6S2. The van der Waals surface area contributed by atoms with Crippen LogP contribution in [0.5, 0.6) is 0 Å². The highest BCUT2D eigenvalue weighted by Gasteiger charge is 2.08. The van der Waals surface area contributed by atoms with E-state index in [2.05, 4.69) is 0 Å². The van der Waals surface area contributed by atoms with Crippen LogP contribution in [0.1, 0.15) is 20.7 Å². The molecule has 0 unspecified atom stereocenters. The number of hydrogen-bond acceptors (Lipinski definition) is 8. The Hall–Kier alpha value is -2.00. The molecular weight excluding hydrogens is 412 g/mol. The molecule has 0 saturated heterocycles. The van der Waals surface area contributed by atoms with Gasteiger partial charge in [-0.1, -0.05) is 0 Å². The number of methoxy groups -OCH3 is 2. The Labute approximate surface area is 179 Å². The van der Waals surface area contributed by atoms with E-state index < -0.39 is 0 Å². The maximum Gasteiger partial charge on any atom is 0.338 e. The average Bonchev–Trinajstić information content (AvgIpc) is 2.75. The molecule has 0 aliphatic rings. The predicted octanol–water partition coefficient (Wildman–Crippen LogP) is 4.13. The molecule has 0 aliphatic carbocycles. The van der Waals surface area contributed by atoms with E-state index in [4.69, 9.17) is 18.9 Å². The smallest absolute Gasteiger partial charge is 0.338 e. The van der Waals surface area contributed by atoms with Gasteiger partial charge in [-0.2, -0.15) is 0 Å². The van der Waals surface area contributed by atoms with Crippen molar-refractivity contribution < 1.29 is 28.5 Å². The highest BCUT2D eigenvalue weighted by atomic mass is 32.2. The summed E-state index contributed by atoms with van der Waals surface area (Å²) in [4.78, 5) is 25.8. The van der Waals surface area contributed by atoms with Crippen LogP contribution in [0.15, 0.2) is 58.3 Å². The zero-order valence-electron chi connectivity index (χ0n) is 16.4. The van der Waals surface area contributed by atoms with Crippen molar-refractivity contribution >= 4 is 35.5 Å². The molecule has 29 heavy (non-hydrogen) atoms. The highest BCUT2D eigenvalue weighted by molar-refractivity contribution is 8.16. The molecule has 0 aromatic heterocycles. The van der Waals surface area contributed by atoms with E-state index in [0.717, 1.165) is 14.9 Å². The first-order chi connectivity index (χ1) is 14.1. The van der Waals surface area contributed by atoms with Gasteiger partial charge < -0.3 is 18.9 Å². The number of hydrogen-bond donors (Lipinski definition) is 0. The first-order valence-electron chi connectivity index (χ1n) is 8.92. The Kier molecular flexibility index (Phi) is 10.6. The fourth-order valence-corrected chi connectivity index (χ4v) is 4.12. The Morgan fingerprint density at radius 2 is 1.03 bits per heavy atom. The number of ether oxygens (including phenoxy) is 4. The van der Waals surface area contributed by atoms with Crippen molar-refractivity contribution in [1.29, 1.82) is 0 Å². The van der Waals surface area contributed by atoms with Crippen molar-refractivity contribution in [2.24, 2.45) is 0 Å². The van der Waals surface area contributed by atoms with Crippen LogP contribution in [0.4, 0.5) is 0 Å². The van der Waals surface area contributed by atoms with Crippen LogP contribution in [-0.2, 0) is 18.9 Å². The van der Waals surface area contributed by atoms with Crippen LogP contribution < -0.4 is 0 Å². The highest BCUT2D eigenvalue weighted by Crippen LogP contribution is 2.28. The van der Waals surface area contributed by atoms with Gasteiger partial charge >= 0.3 is 11.9 Å². The lowest BCUT2D eigenvalue weighted by Gasteiger charge is -2.06. The number of benzene rings is 2. The Morgan fingerprint density at radius 1 is 0.655 bits per heavy atom. The maximum absolute atomic E-state index is 11.9. The van der Waals surface area contributed by atoms with Gasteiger partial charge in [0.15, 0.2) is 0 Å². The van der Waals surface area contributed by atoms with Crippen LogP contribution in [0, 0.1) is 0 Å². The molecule has 0 aliphatic heterocycles. The molecule has 0 heterocycles. The number of thioether (sulfide) groups is 2. The number of carbonyl (C=O) groups is 2. The maximum atomic E-state index is 11.9. The van der Waals surface area contributed by atoms with Crippen molar-refractivity contribution in [2.45, 2.75) is 9.79 Å². The first-order valence-corrected chi connectivity index (χ1v) is 10.9. The Bertz CT molecular complexity index is 696. The van der Waals surface area contributed by atoms with Crippen LogP contribution in [0.3, 0.4) is 0 Å². The van der Waals surface area contributed by atoms with E-state index in [1.165, 1.54) is 0 Å². The zero-order chi connectivity index (χ0) is 20.9. The lowest BCUT2D eigenvalue weighted by atomic mass is 10.2. The molecule has 0 atom stereocenters. The summed E-state index contributed by atoms with van der Waals surface area (Å²) in [6, 6.07) is 14.6. The molecule has 156 valence electrons. The van der Waals surface area contributed by atoms with Crippen molar-refractivity contribution in [3.8, 4) is 0 Å². The fraction of sp³-hybridized carbons (Fsp3) is 0.333. The summed E-state index contributed by atoms with van der Waals surface area (Å²) >= 11 is 3.33. The molecule has 0 N–H and O–H groups in total. The van der Waals surface area contributed by atoms with E-state index >= 15 is 0 Å². The van der Waals surface area contributed by atoms with E-state index in [9.17, 15) is 9.59 Å². The van der Waals surface area contributed by atoms with Gasteiger partial charge in [0.2, 0.25) is 0 Å². The van der Waals surface area contributed by atoms with Crippen LogP contribution >= 0.6 is 23.5 Å². The SMILES string of the molecule is COCCOC(=O)c1ccc(SCSc2ccc(C(=O)OCCOC)cc2)cc1. The second-order valence-corrected chi connectivity index (χ2v) is 8.18. The summed E-state index contributed by atoms with van der Waals surface area (Å²) in [6.07, 6.45) is 0. The predicted molar refractivity (Wildman–Crippen MR) is 114 cm³/mol. The molecule has 0 saturated carbocycles. The summed E-state index contributed by atoms with van der Waals surface area (Å²) in [5.74, 6) is -0.706. The molecule has 0 bridgehead atoms. The normalized spacial score (nSPS) is 10.6. The van der Waals surface area contributed by atoms with Crippen LogP contribution in [0.25, 0.3) is 0 Å². The number of rotatable bonds is 12. The number of esters is 2. The number of carbonyl (C=O) groups excluding carboxylic acids is 2. The summed E-state index contributed by atoms with van der Waals surface area (Å²) in [5.41, 5.74) is 1.04. The third-order valence-corrected chi connectivity index (χ3v) is 5.83. The summed E-state index contributed by atoms with van der Waals surface area (Å²) in [5, 5.41) is 0.801. The third kappa shape index (κ3) is 8.49. The largest absolute Gasteiger partial charge is 0.460 e. The molecule has 2 aromatic rings. The van der Waals surface area contributed by atoms with Gasteiger partial charge in [-0.3, -0.25) is 0 Å². The minimum atomic E-state index is -0.353. The fourth-order valence-electron chi connectivity index (χ4n) is 2.14. The monoisotopic (exact) mass is 436 g/mol. The van der Waals surface area contributed by atoms with E-state index in [-0.39, 0.29) is 25.2 Å². The Morgan fingerprint density at radius 3 is 1.38 bits per heavy atom. The van der Waals surface area contributed by atoms with Gasteiger partial charge in [-0.05, 0) is 48.5 Å². The van der Waals surface area contributed by atoms with Gasteiger partial charge in [-0.25, -0.2) is 9.59 Å². The standard InChI is InChI=1S/C21H24O6S2/c1-24-11-13-26-20(22)16-3-7-18(8-4-16)28-15-29-19-9-5-17(6-10-19)21(23)27-14-12-25-2/h3-10H,11-15H2,1-2H3. The zero-order valence-corrected chi connectivity index (χ0v) is 18.1. The van der Waals surface area contributed by atoms with Crippen molar-refractivity contribution in [3.63, 3.8) is 0 Å². The molecule has 2 aromatic carbocycles. The second kappa shape index (κ2) is 13.3. The lowest BCUT2D eigenvalue weighted by molar-refractivity contribution is 0.0381. The summed E-state index contributed by atoms with van der Waals surface area (Å²) < 4.78 is 19.9. The second-order valence-electron chi connectivity index (χ2n) is 5.71. The van der Waals surface area contributed by atoms with Crippen molar-refractivity contribution in [3.05, 3.63) is 59.7 Å². The molecule has 0 fully saturated rings. The van der Waals surface area contributed by atoms with Gasteiger partial charge in [0.1, 0.15) is 13.2 Å². The van der Waals surface area contributed by atoms with E-state index in [0.29, 0.717) is 24.3 Å². The summed E-state index contributed by atoms with van der Waals surface area (Å²) in [6.45, 7) is 1.25. The minimum Gasteiger partial charge on any atom is -0.460 e. The van der Waals surface area contributed by atoms with Gasteiger partial charge in [-0.15, -0.1) is 23.5 Å². The minimum absolute atomic E-state index is 0.242. The van der Waals surface area contributed by atoms with E-state index in [1.54, 1.807) is 62.0 Å². The lowest BCUT2D eigenvalue weighted by Crippen LogP contribution is -2.09. The average molecular weight is 437 g/mol. The first kappa shape index (κ1) is 23.3. The van der Waals surface area contributed by atoms with Gasteiger partial charge in [0.05, 0.1) is 24.3 Å². The topological polar surface area (TPSA) is 71.1 Å². The molecule has 2 rings (SSSR count). The molecule has 0 amide bonds. The Balaban J connectivity index is 1.75. The van der Waals surface area contributed by atoms with Crippen LogP contribution in [-0.4, -0.2) is 57.7 Å². The molecule has 8 heteroatoms. The van der Waals surface area contributed by atoms with E-state index in [1.807, 2.05) is 24.3 Å². The quantitative estimate of drug-likeness (QED) is 0.213. The van der Waals surface area contributed by atoms with Crippen molar-refractivity contribution in [2.75, 3.05) is 45.7 Å². The van der Waals surface area contributed by atoms with Gasteiger partial charge in [0.25, 0.3) is 0 Å². The van der Waals surface area contributed by atoms with Crippen molar-refractivity contribution in [1.82, 2.24) is 0 Å². The molecule has 0 radical (unpaired) electrons. The summed E-state index contributed by atoms with van der Waals surface area (Å²) in [7, 11) is 3.12. The van der Waals surface area contributed by atoms with Gasteiger partial charge in [0, 0.05) is 29.1 Å². The third-order valence-electron chi connectivity index (χ3n) is 3.67. The molecule has 0 spiro atoms. The van der Waals surface area contributed by atoms with Crippen LogP contribution in [0.2, 0.25) is 0 Å².